The first-order chi connectivity index (χ1) is 7.65. The van der Waals surface area contributed by atoms with Crippen LogP contribution in [0.2, 0.25) is 0 Å². The van der Waals surface area contributed by atoms with Gasteiger partial charge in [0.25, 0.3) is 0 Å². The highest BCUT2D eigenvalue weighted by Crippen LogP contribution is 2.52. The van der Waals surface area contributed by atoms with Gasteiger partial charge in [0.15, 0.2) is 0 Å². The van der Waals surface area contributed by atoms with E-state index in [1.165, 1.54) is 27.2 Å². The highest BCUT2D eigenvalue weighted by Gasteiger charge is 2.40. The predicted molar refractivity (Wildman–Crippen MR) is 70.0 cm³/mol. The number of aromatic nitrogens is 1. The average Bonchev–Trinajstić information content (AvgIpc) is 2.94. The molecule has 1 nitrogen and oxygen atoms in total. The summed E-state index contributed by atoms with van der Waals surface area (Å²) in [6.07, 6.45) is 1.37. The Labute approximate surface area is 101 Å². The normalized spacial score (nSPS) is 24.2. The molecule has 2 heteroatoms. The molecule has 0 aliphatic heterocycles. The van der Waals surface area contributed by atoms with Crippen LogP contribution < -0.4 is 0 Å². The predicted octanol–water partition coefficient (Wildman–Crippen LogP) is 4.36. The van der Waals surface area contributed by atoms with Gasteiger partial charge in [-0.15, -0.1) is 11.3 Å². The van der Waals surface area contributed by atoms with Crippen LogP contribution in [0.25, 0.3) is 10.2 Å². The Morgan fingerprint density at radius 2 is 2.19 bits per heavy atom. The van der Waals surface area contributed by atoms with Crippen molar-refractivity contribution in [2.45, 2.75) is 33.1 Å². The third-order valence-corrected chi connectivity index (χ3v) is 4.59. The summed E-state index contributed by atoms with van der Waals surface area (Å²) in [7, 11) is 0. The highest BCUT2D eigenvalue weighted by molar-refractivity contribution is 7.18. The largest absolute Gasteiger partial charge is 0.242 e. The number of hydrogen-bond acceptors (Lipinski definition) is 2. The molecule has 0 unspecified atom stereocenters. The number of hydrogen-bond donors (Lipinski definition) is 0. The molecule has 1 aromatic heterocycles. The van der Waals surface area contributed by atoms with E-state index in [1.54, 1.807) is 11.3 Å². The number of aryl methyl sites for hydroxylation is 1. The number of fused-ring (bicyclic) bond motifs is 1. The standard InChI is InChI=1S/C14H17NS/c1-8(2)11-7-12(11)10-4-5-14-13(6-10)15-9(3)16-14/h4-6,8,11-12H,7H2,1-3H3/t11-,12-/m1/s1. The summed E-state index contributed by atoms with van der Waals surface area (Å²) in [5.74, 6) is 2.52. The van der Waals surface area contributed by atoms with Gasteiger partial charge in [-0.05, 0) is 48.8 Å². The minimum Gasteiger partial charge on any atom is -0.242 e. The maximum absolute atomic E-state index is 4.57. The first-order valence-corrected chi connectivity index (χ1v) is 6.84. The molecule has 2 atom stereocenters. The molecule has 3 rings (SSSR count). The maximum Gasteiger partial charge on any atom is 0.0907 e. The molecule has 1 fully saturated rings. The second-order valence-corrected chi connectivity index (χ2v) is 6.44. The van der Waals surface area contributed by atoms with E-state index in [0.717, 1.165) is 17.8 Å². The number of thiazole rings is 1. The summed E-state index contributed by atoms with van der Waals surface area (Å²) in [5, 5.41) is 1.17. The summed E-state index contributed by atoms with van der Waals surface area (Å²) in [6.45, 7) is 6.74. The molecule has 16 heavy (non-hydrogen) atoms. The van der Waals surface area contributed by atoms with Crippen LogP contribution in [-0.2, 0) is 0 Å². The summed E-state index contributed by atoms with van der Waals surface area (Å²) >= 11 is 1.79. The van der Waals surface area contributed by atoms with Crippen molar-refractivity contribution in [1.82, 2.24) is 4.98 Å². The molecule has 0 spiro atoms. The fourth-order valence-electron chi connectivity index (χ4n) is 2.63. The Bertz CT molecular complexity index is 527. The number of nitrogens with zero attached hydrogens (tertiary/aromatic N) is 1. The molecule has 2 aromatic rings. The Morgan fingerprint density at radius 1 is 1.38 bits per heavy atom. The monoisotopic (exact) mass is 231 g/mol. The van der Waals surface area contributed by atoms with Crippen LogP contribution in [0.4, 0.5) is 0 Å². The van der Waals surface area contributed by atoms with E-state index in [4.69, 9.17) is 0 Å². The lowest BCUT2D eigenvalue weighted by atomic mass is 10.0. The van der Waals surface area contributed by atoms with Crippen LogP contribution in [0.15, 0.2) is 18.2 Å². The van der Waals surface area contributed by atoms with E-state index in [2.05, 4.69) is 44.0 Å². The van der Waals surface area contributed by atoms with Crippen molar-refractivity contribution >= 4 is 21.6 Å². The molecule has 1 aliphatic rings. The van der Waals surface area contributed by atoms with Crippen molar-refractivity contribution in [2.24, 2.45) is 11.8 Å². The first-order valence-electron chi connectivity index (χ1n) is 6.02. The first kappa shape index (κ1) is 10.3. The minimum atomic E-state index is 0.798. The van der Waals surface area contributed by atoms with Crippen LogP contribution in [-0.4, -0.2) is 4.98 Å². The number of rotatable bonds is 2. The molecule has 0 saturated heterocycles. The quantitative estimate of drug-likeness (QED) is 0.748. The van der Waals surface area contributed by atoms with Gasteiger partial charge in [-0.1, -0.05) is 19.9 Å². The zero-order chi connectivity index (χ0) is 11.3. The molecular formula is C14H17NS. The molecule has 0 bridgehead atoms. The summed E-state index contributed by atoms with van der Waals surface area (Å²) in [6, 6.07) is 6.84. The highest BCUT2D eigenvalue weighted by atomic mass is 32.1. The molecule has 0 N–H and O–H groups in total. The van der Waals surface area contributed by atoms with Crippen molar-refractivity contribution in [1.29, 1.82) is 0 Å². The van der Waals surface area contributed by atoms with E-state index in [1.807, 2.05) is 0 Å². The molecule has 84 valence electrons. The van der Waals surface area contributed by atoms with Crippen molar-refractivity contribution in [2.75, 3.05) is 0 Å². The van der Waals surface area contributed by atoms with Crippen molar-refractivity contribution in [3.8, 4) is 0 Å². The topological polar surface area (TPSA) is 12.9 Å². The van der Waals surface area contributed by atoms with Gasteiger partial charge in [-0.25, -0.2) is 4.98 Å². The third-order valence-electron chi connectivity index (χ3n) is 3.64. The van der Waals surface area contributed by atoms with Crippen molar-refractivity contribution in [3.05, 3.63) is 28.8 Å². The van der Waals surface area contributed by atoms with Gasteiger partial charge >= 0.3 is 0 Å². The van der Waals surface area contributed by atoms with Crippen LogP contribution in [0.3, 0.4) is 0 Å². The van der Waals surface area contributed by atoms with Crippen LogP contribution >= 0.6 is 11.3 Å². The minimum absolute atomic E-state index is 0.798. The van der Waals surface area contributed by atoms with E-state index in [9.17, 15) is 0 Å². The molecule has 1 aliphatic carbocycles. The Hall–Kier alpha value is -0.890. The van der Waals surface area contributed by atoms with Gasteiger partial charge in [0.2, 0.25) is 0 Å². The Morgan fingerprint density at radius 3 is 2.88 bits per heavy atom. The van der Waals surface area contributed by atoms with Crippen LogP contribution in [0, 0.1) is 18.8 Å². The van der Waals surface area contributed by atoms with E-state index < -0.39 is 0 Å². The smallest absolute Gasteiger partial charge is 0.0907 e. The van der Waals surface area contributed by atoms with Gasteiger partial charge in [0.1, 0.15) is 0 Å². The molecule has 1 saturated carbocycles. The van der Waals surface area contributed by atoms with Crippen LogP contribution in [0.5, 0.6) is 0 Å². The second-order valence-electron chi connectivity index (χ2n) is 5.21. The maximum atomic E-state index is 4.57. The zero-order valence-electron chi connectivity index (χ0n) is 10.0. The van der Waals surface area contributed by atoms with Gasteiger partial charge in [-0.2, -0.15) is 0 Å². The Kier molecular flexibility index (Phi) is 2.28. The lowest BCUT2D eigenvalue weighted by molar-refractivity contribution is 0.549. The Balaban J connectivity index is 1.94. The SMILES string of the molecule is Cc1nc2cc([C@H]3C[C@@H]3C(C)C)ccc2s1. The van der Waals surface area contributed by atoms with Gasteiger partial charge < -0.3 is 0 Å². The zero-order valence-corrected chi connectivity index (χ0v) is 10.8. The summed E-state index contributed by atoms with van der Waals surface area (Å²) < 4.78 is 1.32. The molecule has 1 heterocycles. The fraction of sp³-hybridized carbons (Fsp3) is 0.500. The van der Waals surface area contributed by atoms with Crippen LogP contribution in [0.1, 0.15) is 36.8 Å². The average molecular weight is 231 g/mol. The van der Waals surface area contributed by atoms with Crippen molar-refractivity contribution < 1.29 is 0 Å². The van der Waals surface area contributed by atoms with E-state index in [-0.39, 0.29) is 0 Å². The summed E-state index contributed by atoms with van der Waals surface area (Å²) in [4.78, 5) is 4.57. The van der Waals surface area contributed by atoms with Gasteiger partial charge in [0, 0.05) is 0 Å². The molecule has 0 amide bonds. The van der Waals surface area contributed by atoms with E-state index in [0.29, 0.717) is 0 Å². The van der Waals surface area contributed by atoms with Crippen molar-refractivity contribution in [3.63, 3.8) is 0 Å². The third kappa shape index (κ3) is 1.65. The lowest BCUT2D eigenvalue weighted by Crippen LogP contribution is -1.92. The molecular weight excluding hydrogens is 214 g/mol. The van der Waals surface area contributed by atoms with E-state index >= 15 is 0 Å². The molecule has 1 aromatic carbocycles. The fourth-order valence-corrected chi connectivity index (χ4v) is 3.43. The lowest BCUT2D eigenvalue weighted by Gasteiger charge is -2.03. The number of benzene rings is 1. The molecule has 0 radical (unpaired) electrons. The second kappa shape index (κ2) is 3.56. The summed E-state index contributed by atoms with van der Waals surface area (Å²) in [5.41, 5.74) is 2.69. The van der Waals surface area contributed by atoms with Gasteiger partial charge in [-0.3, -0.25) is 0 Å². The van der Waals surface area contributed by atoms with Gasteiger partial charge in [0.05, 0.1) is 15.2 Å².